The van der Waals surface area contributed by atoms with E-state index in [0.29, 0.717) is 31.7 Å². The lowest BCUT2D eigenvalue weighted by Gasteiger charge is -2.08. The Kier molecular flexibility index (Phi) is 5.85. The lowest BCUT2D eigenvalue weighted by molar-refractivity contribution is -0.140. The lowest BCUT2D eigenvalue weighted by Crippen LogP contribution is -2.27. The monoisotopic (exact) mass is 228 g/mol. The van der Waals surface area contributed by atoms with E-state index in [9.17, 15) is 9.59 Å². The molecule has 1 aliphatic rings. The summed E-state index contributed by atoms with van der Waals surface area (Å²) in [6.07, 6.45) is 2.67. The van der Waals surface area contributed by atoms with Gasteiger partial charge in [-0.05, 0) is 31.8 Å². The molecule has 0 aromatic rings. The van der Waals surface area contributed by atoms with Crippen molar-refractivity contribution < 1.29 is 14.3 Å². The van der Waals surface area contributed by atoms with Gasteiger partial charge in [0.05, 0.1) is 7.11 Å². The van der Waals surface area contributed by atoms with Gasteiger partial charge in [-0.15, -0.1) is 0 Å². The summed E-state index contributed by atoms with van der Waals surface area (Å²) < 4.78 is 4.50. The Labute approximate surface area is 95.9 Å². The molecular formula is C11H20N2O3. The first-order chi connectivity index (χ1) is 7.72. The number of esters is 1. The molecule has 1 fully saturated rings. The number of carbonyl (C=O) groups excluding carboxylic acids is 2. The molecule has 0 spiro atoms. The lowest BCUT2D eigenvalue weighted by atomic mass is 10.0. The largest absolute Gasteiger partial charge is 0.469 e. The third kappa shape index (κ3) is 5.11. The zero-order valence-electron chi connectivity index (χ0n) is 9.75. The Balaban J connectivity index is 1.99. The molecule has 5 heteroatoms. The Morgan fingerprint density at radius 3 is 2.94 bits per heavy atom. The first kappa shape index (κ1) is 13.0. The van der Waals surface area contributed by atoms with Crippen molar-refractivity contribution in [3.8, 4) is 0 Å². The van der Waals surface area contributed by atoms with Gasteiger partial charge >= 0.3 is 5.97 Å². The first-order valence-corrected chi connectivity index (χ1v) is 5.76. The molecule has 0 aromatic heterocycles. The van der Waals surface area contributed by atoms with E-state index in [1.165, 1.54) is 7.11 Å². The van der Waals surface area contributed by atoms with Gasteiger partial charge in [0.1, 0.15) is 0 Å². The quantitative estimate of drug-likeness (QED) is 0.498. The van der Waals surface area contributed by atoms with Crippen molar-refractivity contribution in [1.82, 2.24) is 10.6 Å². The minimum Gasteiger partial charge on any atom is -0.469 e. The van der Waals surface area contributed by atoms with Crippen LogP contribution in [-0.2, 0) is 14.3 Å². The van der Waals surface area contributed by atoms with Crippen molar-refractivity contribution in [2.24, 2.45) is 5.92 Å². The van der Waals surface area contributed by atoms with Crippen molar-refractivity contribution in [3.63, 3.8) is 0 Å². The molecular weight excluding hydrogens is 208 g/mol. The summed E-state index contributed by atoms with van der Waals surface area (Å²) in [5.41, 5.74) is 0. The number of hydrogen-bond acceptors (Lipinski definition) is 4. The summed E-state index contributed by atoms with van der Waals surface area (Å²) in [7, 11) is 1.37. The van der Waals surface area contributed by atoms with E-state index in [-0.39, 0.29) is 11.9 Å². The van der Waals surface area contributed by atoms with E-state index in [0.717, 1.165) is 19.5 Å². The van der Waals surface area contributed by atoms with Crippen LogP contribution >= 0.6 is 0 Å². The predicted molar refractivity (Wildman–Crippen MR) is 59.9 cm³/mol. The van der Waals surface area contributed by atoms with Crippen molar-refractivity contribution in [2.45, 2.75) is 25.7 Å². The van der Waals surface area contributed by atoms with Crippen molar-refractivity contribution in [3.05, 3.63) is 0 Å². The third-order valence-electron chi connectivity index (χ3n) is 2.74. The third-order valence-corrected chi connectivity index (χ3v) is 2.74. The average Bonchev–Trinajstić information content (AvgIpc) is 2.76. The van der Waals surface area contributed by atoms with Crippen molar-refractivity contribution in [1.29, 1.82) is 0 Å². The van der Waals surface area contributed by atoms with Gasteiger partial charge in [-0.1, -0.05) is 0 Å². The molecule has 1 rings (SSSR count). The Morgan fingerprint density at radius 1 is 1.50 bits per heavy atom. The topological polar surface area (TPSA) is 67.4 Å². The van der Waals surface area contributed by atoms with Gasteiger partial charge in [0.25, 0.3) is 0 Å². The summed E-state index contributed by atoms with van der Waals surface area (Å²) >= 11 is 0. The standard InChI is InChI=1S/C11H20N2O3/c1-16-11(15)3-2-5-13-10(14)7-9-4-6-12-8-9/h9,12H,2-8H2,1H3,(H,13,14). The van der Waals surface area contributed by atoms with Gasteiger partial charge in [-0.25, -0.2) is 0 Å². The maximum absolute atomic E-state index is 11.5. The maximum atomic E-state index is 11.5. The molecule has 2 N–H and O–H groups in total. The van der Waals surface area contributed by atoms with Crippen LogP contribution in [0.3, 0.4) is 0 Å². The SMILES string of the molecule is COC(=O)CCCNC(=O)CC1CCNC1. The zero-order valence-corrected chi connectivity index (χ0v) is 9.75. The van der Waals surface area contributed by atoms with E-state index in [4.69, 9.17) is 0 Å². The van der Waals surface area contributed by atoms with Crippen LogP contribution in [0, 0.1) is 5.92 Å². The molecule has 5 nitrogen and oxygen atoms in total. The summed E-state index contributed by atoms with van der Waals surface area (Å²) in [6.45, 7) is 2.50. The first-order valence-electron chi connectivity index (χ1n) is 5.76. The van der Waals surface area contributed by atoms with Crippen molar-refractivity contribution >= 4 is 11.9 Å². The second-order valence-corrected chi connectivity index (χ2v) is 4.09. The van der Waals surface area contributed by atoms with E-state index in [1.54, 1.807) is 0 Å². The second kappa shape index (κ2) is 7.22. The van der Waals surface area contributed by atoms with E-state index in [2.05, 4.69) is 15.4 Å². The summed E-state index contributed by atoms with van der Waals surface area (Å²) in [5.74, 6) is 0.327. The molecule has 1 unspecified atom stereocenters. The van der Waals surface area contributed by atoms with Gasteiger partial charge in [-0.2, -0.15) is 0 Å². The zero-order chi connectivity index (χ0) is 11.8. The van der Waals surface area contributed by atoms with Crippen molar-refractivity contribution in [2.75, 3.05) is 26.7 Å². The molecule has 92 valence electrons. The molecule has 0 aliphatic carbocycles. The Hall–Kier alpha value is -1.10. The molecule has 1 atom stereocenters. The fourth-order valence-corrected chi connectivity index (χ4v) is 1.79. The molecule has 0 saturated carbocycles. The fourth-order valence-electron chi connectivity index (χ4n) is 1.79. The molecule has 1 amide bonds. The minimum absolute atomic E-state index is 0.0820. The summed E-state index contributed by atoms with van der Waals surface area (Å²) in [6, 6.07) is 0. The van der Waals surface area contributed by atoms with Crippen LogP contribution in [0.25, 0.3) is 0 Å². The van der Waals surface area contributed by atoms with E-state index < -0.39 is 0 Å². The smallest absolute Gasteiger partial charge is 0.305 e. The number of amides is 1. The highest BCUT2D eigenvalue weighted by Crippen LogP contribution is 2.11. The second-order valence-electron chi connectivity index (χ2n) is 4.09. The highest BCUT2D eigenvalue weighted by molar-refractivity contribution is 5.76. The molecule has 0 aromatic carbocycles. The molecule has 1 heterocycles. The summed E-state index contributed by atoms with van der Waals surface area (Å²) in [5, 5.41) is 6.04. The number of hydrogen-bond donors (Lipinski definition) is 2. The predicted octanol–water partition coefficient (Wildman–Crippen LogP) is 0.0554. The van der Waals surface area contributed by atoms with Gasteiger partial charge in [0.2, 0.25) is 5.91 Å². The fraction of sp³-hybridized carbons (Fsp3) is 0.818. The number of carbonyl (C=O) groups is 2. The number of ether oxygens (including phenoxy) is 1. The molecule has 1 saturated heterocycles. The maximum Gasteiger partial charge on any atom is 0.305 e. The number of methoxy groups -OCH3 is 1. The van der Waals surface area contributed by atoms with Gasteiger partial charge in [-0.3, -0.25) is 9.59 Å². The van der Waals surface area contributed by atoms with Crippen LogP contribution in [0.15, 0.2) is 0 Å². The molecule has 16 heavy (non-hydrogen) atoms. The summed E-state index contributed by atoms with van der Waals surface area (Å²) in [4.78, 5) is 22.3. The molecule has 0 radical (unpaired) electrons. The molecule has 0 bridgehead atoms. The van der Waals surface area contributed by atoms with Crippen LogP contribution in [0.1, 0.15) is 25.7 Å². The molecule has 1 aliphatic heterocycles. The van der Waals surface area contributed by atoms with Crippen LogP contribution in [-0.4, -0.2) is 38.6 Å². The van der Waals surface area contributed by atoms with Gasteiger partial charge < -0.3 is 15.4 Å². The normalized spacial score (nSPS) is 19.4. The average molecular weight is 228 g/mol. The number of rotatable bonds is 6. The Morgan fingerprint density at radius 2 is 2.31 bits per heavy atom. The minimum atomic E-state index is -0.228. The van der Waals surface area contributed by atoms with E-state index in [1.807, 2.05) is 0 Å². The highest BCUT2D eigenvalue weighted by Gasteiger charge is 2.17. The number of nitrogens with one attached hydrogen (secondary N) is 2. The van der Waals surface area contributed by atoms with Gasteiger partial charge in [0, 0.05) is 19.4 Å². The van der Waals surface area contributed by atoms with Crippen LogP contribution in [0.2, 0.25) is 0 Å². The van der Waals surface area contributed by atoms with Crippen LogP contribution in [0.5, 0.6) is 0 Å². The van der Waals surface area contributed by atoms with E-state index >= 15 is 0 Å². The van der Waals surface area contributed by atoms with Gasteiger partial charge in [0.15, 0.2) is 0 Å². The highest BCUT2D eigenvalue weighted by atomic mass is 16.5. The Bertz CT molecular complexity index is 237. The van der Waals surface area contributed by atoms with Crippen LogP contribution in [0.4, 0.5) is 0 Å². The van der Waals surface area contributed by atoms with Crippen LogP contribution < -0.4 is 10.6 Å².